The van der Waals surface area contributed by atoms with Crippen LogP contribution in [0.2, 0.25) is 0 Å². The van der Waals surface area contributed by atoms with Gasteiger partial charge in [0.05, 0.1) is 0 Å². The van der Waals surface area contributed by atoms with Gasteiger partial charge in [0.25, 0.3) is 0 Å². The average Bonchev–Trinajstić information content (AvgIpc) is 1.32. The van der Waals surface area contributed by atoms with Gasteiger partial charge in [0.2, 0.25) is 11.2 Å². The Kier molecular flexibility index (Phi) is 0.782. The highest BCUT2D eigenvalue weighted by molar-refractivity contribution is 8.16. The van der Waals surface area contributed by atoms with E-state index in [0.29, 0.717) is 0 Å². The smallest absolute Gasteiger partial charge is 0.223 e. The Morgan fingerprint density at radius 2 is 1.67 bits per heavy atom. The fourth-order valence-electron chi connectivity index (χ4n) is 0.134. The lowest BCUT2D eigenvalue weighted by atomic mass is 11.6. The molecule has 0 bridgehead atoms. The van der Waals surface area contributed by atoms with Crippen LogP contribution in [0, 0.1) is 0 Å². The first-order valence-corrected chi connectivity index (χ1v) is 2.67. The number of hydrogen-bond acceptors (Lipinski definition) is 4. The Hall–Kier alpha value is 0.190. The standard InChI is InChI=1S/CH4O4S/c2-6(3)4-1-5-6/h2-3H,1H2. The van der Waals surface area contributed by atoms with E-state index in [9.17, 15) is 0 Å². The molecule has 0 spiro atoms. The van der Waals surface area contributed by atoms with Gasteiger partial charge in [-0.15, -0.1) is 0 Å². The van der Waals surface area contributed by atoms with Gasteiger partial charge < -0.3 is 0 Å². The zero-order valence-electron chi connectivity index (χ0n) is 2.83. The van der Waals surface area contributed by atoms with Crippen LogP contribution in [0.25, 0.3) is 0 Å². The third-order valence-corrected chi connectivity index (χ3v) is 1.21. The van der Waals surface area contributed by atoms with Crippen molar-refractivity contribution in [2.45, 2.75) is 0 Å². The molecule has 1 aliphatic heterocycles. The van der Waals surface area contributed by atoms with Gasteiger partial charge in [0.1, 0.15) is 0 Å². The lowest BCUT2D eigenvalue weighted by molar-refractivity contribution is -0.0169. The Morgan fingerprint density at radius 1 is 1.33 bits per heavy atom. The lowest BCUT2D eigenvalue weighted by Crippen LogP contribution is -2.19. The normalized spacial score (nSPS) is 34.3. The van der Waals surface area contributed by atoms with Crippen molar-refractivity contribution in [2.24, 2.45) is 0 Å². The molecule has 0 aromatic heterocycles. The molecule has 0 saturated carbocycles. The molecule has 1 heterocycles. The largest absolute Gasteiger partial charge is 0.287 e. The Balaban J connectivity index is 2.31. The second-order valence-corrected chi connectivity index (χ2v) is 2.17. The highest BCUT2D eigenvalue weighted by atomic mass is 32.3. The van der Waals surface area contributed by atoms with Gasteiger partial charge in [-0.1, -0.05) is 0 Å². The van der Waals surface area contributed by atoms with Gasteiger partial charge in [-0.2, -0.15) is 0 Å². The molecule has 6 heavy (non-hydrogen) atoms. The summed E-state index contributed by atoms with van der Waals surface area (Å²) in [6.45, 7) is 0.00231. The van der Waals surface area contributed by atoms with Crippen LogP contribution in [0.3, 0.4) is 0 Å². The first kappa shape index (κ1) is 4.35. The summed E-state index contributed by atoms with van der Waals surface area (Å²) in [5, 5.41) is 0. The molecule has 1 rings (SSSR count). The molecule has 1 aliphatic rings. The number of rotatable bonds is 0. The molecule has 0 amide bonds. The fourth-order valence-corrected chi connectivity index (χ4v) is 0.403. The van der Waals surface area contributed by atoms with Crippen LogP contribution >= 0.6 is 11.2 Å². The topological polar surface area (TPSA) is 58.9 Å². The minimum Gasteiger partial charge on any atom is -0.287 e. The molecule has 0 aromatic carbocycles. The molecule has 0 aromatic rings. The van der Waals surface area contributed by atoms with Crippen LogP contribution in [0.1, 0.15) is 0 Å². The minimum absolute atomic E-state index is 0.00231. The van der Waals surface area contributed by atoms with Crippen LogP contribution in [-0.2, 0) is 8.37 Å². The molecule has 0 radical (unpaired) electrons. The van der Waals surface area contributed by atoms with Crippen molar-refractivity contribution in [2.75, 3.05) is 6.79 Å². The lowest BCUT2D eigenvalue weighted by Gasteiger charge is -2.32. The van der Waals surface area contributed by atoms with Crippen LogP contribution < -0.4 is 0 Å². The maximum Gasteiger partial charge on any atom is 0.223 e. The van der Waals surface area contributed by atoms with Crippen LogP contribution in [-0.4, -0.2) is 15.9 Å². The van der Waals surface area contributed by atoms with E-state index in [1.54, 1.807) is 0 Å². The van der Waals surface area contributed by atoms with E-state index >= 15 is 0 Å². The summed E-state index contributed by atoms with van der Waals surface area (Å²) in [6.07, 6.45) is 0. The molecular formula is CH4O4S. The maximum atomic E-state index is 8.11. The summed E-state index contributed by atoms with van der Waals surface area (Å²) in [4.78, 5) is 0. The van der Waals surface area contributed by atoms with Gasteiger partial charge in [0.15, 0.2) is 6.79 Å². The third-order valence-electron chi connectivity index (χ3n) is 0.403. The van der Waals surface area contributed by atoms with Crippen LogP contribution in [0.5, 0.6) is 0 Å². The van der Waals surface area contributed by atoms with Crippen LogP contribution in [0.4, 0.5) is 0 Å². The summed E-state index contributed by atoms with van der Waals surface area (Å²) in [5.41, 5.74) is 0. The minimum atomic E-state index is -2.98. The van der Waals surface area contributed by atoms with Gasteiger partial charge in [-0.3, -0.25) is 9.11 Å². The monoisotopic (exact) mass is 112 g/mol. The first-order chi connectivity index (χ1) is 2.71. The van der Waals surface area contributed by atoms with E-state index in [2.05, 4.69) is 8.37 Å². The van der Waals surface area contributed by atoms with Gasteiger partial charge in [-0.25, -0.2) is 8.37 Å². The average molecular weight is 112 g/mol. The van der Waals surface area contributed by atoms with Crippen molar-refractivity contribution in [1.82, 2.24) is 0 Å². The predicted octanol–water partition coefficient (Wildman–Crippen LogP) is 0.571. The molecule has 2 N–H and O–H groups in total. The van der Waals surface area contributed by atoms with E-state index in [-0.39, 0.29) is 6.79 Å². The summed E-state index contributed by atoms with van der Waals surface area (Å²) in [6, 6.07) is 0. The molecule has 38 valence electrons. The molecule has 0 aliphatic carbocycles. The van der Waals surface area contributed by atoms with Crippen molar-refractivity contribution in [1.29, 1.82) is 0 Å². The molecule has 4 nitrogen and oxygen atoms in total. The molecular weight excluding hydrogens is 108 g/mol. The second kappa shape index (κ2) is 1.08. The van der Waals surface area contributed by atoms with Crippen molar-refractivity contribution in [3.05, 3.63) is 0 Å². The predicted molar refractivity (Wildman–Crippen MR) is 19.9 cm³/mol. The van der Waals surface area contributed by atoms with E-state index in [4.69, 9.17) is 9.11 Å². The zero-order chi connectivity index (χ0) is 4.62. The summed E-state index contributed by atoms with van der Waals surface area (Å²) in [7, 11) is 0. The zero-order valence-corrected chi connectivity index (χ0v) is 3.64. The number of hydrogen-bond donors (Lipinski definition) is 2. The van der Waals surface area contributed by atoms with Crippen molar-refractivity contribution in [3.63, 3.8) is 0 Å². The molecule has 1 saturated heterocycles. The van der Waals surface area contributed by atoms with E-state index in [1.807, 2.05) is 0 Å². The summed E-state index contributed by atoms with van der Waals surface area (Å²) >= 11 is -2.98. The Labute approximate surface area is 36.4 Å². The van der Waals surface area contributed by atoms with Crippen LogP contribution in [0.15, 0.2) is 0 Å². The van der Waals surface area contributed by atoms with Crippen molar-refractivity contribution in [3.8, 4) is 0 Å². The Morgan fingerprint density at radius 3 is 1.67 bits per heavy atom. The van der Waals surface area contributed by atoms with Crippen molar-refractivity contribution >= 4 is 11.2 Å². The fraction of sp³-hybridized carbons (Fsp3) is 1.00. The Bertz CT molecular complexity index is 54.6. The highest BCUT2D eigenvalue weighted by Crippen LogP contribution is 2.48. The van der Waals surface area contributed by atoms with Crippen molar-refractivity contribution < 1.29 is 17.5 Å². The van der Waals surface area contributed by atoms with Gasteiger partial charge in [0, 0.05) is 0 Å². The molecule has 0 unspecified atom stereocenters. The maximum absolute atomic E-state index is 8.11. The highest BCUT2D eigenvalue weighted by Gasteiger charge is 2.28. The second-order valence-electron chi connectivity index (χ2n) is 0.801. The first-order valence-electron chi connectivity index (χ1n) is 1.28. The summed E-state index contributed by atoms with van der Waals surface area (Å²) in [5.74, 6) is 0. The van der Waals surface area contributed by atoms with E-state index in [0.717, 1.165) is 0 Å². The van der Waals surface area contributed by atoms with Gasteiger partial charge >= 0.3 is 0 Å². The van der Waals surface area contributed by atoms with E-state index in [1.165, 1.54) is 0 Å². The quantitative estimate of drug-likeness (QED) is 0.481. The van der Waals surface area contributed by atoms with Gasteiger partial charge in [-0.05, 0) is 0 Å². The molecule has 5 heteroatoms. The van der Waals surface area contributed by atoms with E-state index < -0.39 is 11.2 Å². The SMILES string of the molecule is OS1(O)OCO1. The summed E-state index contributed by atoms with van der Waals surface area (Å²) < 4.78 is 24.4. The third kappa shape index (κ3) is 0.636. The molecule has 1 fully saturated rings. The molecule has 0 atom stereocenters.